The molecular formula is C12H13ClFNO4. The van der Waals surface area contributed by atoms with Gasteiger partial charge in [-0.2, -0.15) is 0 Å². The Morgan fingerprint density at radius 3 is 2.74 bits per heavy atom. The van der Waals surface area contributed by atoms with Gasteiger partial charge in [0.1, 0.15) is 17.6 Å². The maximum Gasteiger partial charge on any atom is 0.326 e. The van der Waals surface area contributed by atoms with Crippen molar-refractivity contribution in [2.75, 3.05) is 6.61 Å². The van der Waals surface area contributed by atoms with Crippen LogP contribution in [0.15, 0.2) is 18.2 Å². The monoisotopic (exact) mass is 289 g/mol. The highest BCUT2D eigenvalue weighted by Gasteiger charge is 2.17. The number of nitrogens with one attached hydrogen (secondary N) is 1. The van der Waals surface area contributed by atoms with Gasteiger partial charge in [0.05, 0.1) is 5.02 Å². The van der Waals surface area contributed by atoms with Crippen molar-refractivity contribution in [3.05, 3.63) is 29.0 Å². The third kappa shape index (κ3) is 4.75. The Morgan fingerprint density at radius 1 is 1.53 bits per heavy atom. The number of halogens is 2. The van der Waals surface area contributed by atoms with Crippen LogP contribution in [-0.2, 0) is 9.59 Å². The zero-order chi connectivity index (χ0) is 14.4. The summed E-state index contributed by atoms with van der Waals surface area (Å²) in [5, 5.41) is 11.1. The molecule has 0 spiro atoms. The summed E-state index contributed by atoms with van der Waals surface area (Å²) in [6.07, 6.45) is 0.262. The van der Waals surface area contributed by atoms with Gasteiger partial charge in [-0.05, 0) is 24.6 Å². The molecule has 0 aliphatic rings. The molecule has 1 rings (SSSR count). The van der Waals surface area contributed by atoms with Crippen LogP contribution in [0.3, 0.4) is 0 Å². The molecule has 7 heteroatoms. The van der Waals surface area contributed by atoms with Gasteiger partial charge >= 0.3 is 5.97 Å². The number of carboxylic acid groups (broad SMARTS) is 1. The lowest BCUT2D eigenvalue weighted by Gasteiger charge is -2.13. The molecule has 1 aromatic carbocycles. The average Bonchev–Trinajstić information content (AvgIpc) is 2.34. The van der Waals surface area contributed by atoms with Crippen molar-refractivity contribution in [3.63, 3.8) is 0 Å². The Balaban J connectivity index is 2.52. The Labute approximate surface area is 114 Å². The Kier molecular flexibility index (Phi) is 5.57. The molecule has 1 aromatic rings. The van der Waals surface area contributed by atoms with E-state index in [1.165, 1.54) is 6.07 Å². The van der Waals surface area contributed by atoms with Crippen molar-refractivity contribution < 1.29 is 23.8 Å². The first kappa shape index (κ1) is 15.2. The fourth-order valence-electron chi connectivity index (χ4n) is 1.31. The maximum absolute atomic E-state index is 12.8. The highest BCUT2D eigenvalue weighted by Crippen LogP contribution is 2.24. The van der Waals surface area contributed by atoms with Gasteiger partial charge in [0.25, 0.3) is 5.91 Å². The lowest BCUT2D eigenvalue weighted by molar-refractivity contribution is -0.142. The summed E-state index contributed by atoms with van der Waals surface area (Å²) >= 11 is 5.71. The Hall–Kier alpha value is -1.82. The number of carbonyl (C=O) groups excluding carboxylic acids is 1. The molecule has 5 nitrogen and oxygen atoms in total. The normalized spacial score (nSPS) is 11.7. The summed E-state index contributed by atoms with van der Waals surface area (Å²) in [6.45, 7) is 1.24. The first-order valence-electron chi connectivity index (χ1n) is 5.54. The topological polar surface area (TPSA) is 75.6 Å². The lowest BCUT2D eigenvalue weighted by atomic mass is 10.2. The van der Waals surface area contributed by atoms with Crippen molar-refractivity contribution in [1.82, 2.24) is 5.32 Å². The fraction of sp³-hybridized carbons (Fsp3) is 0.333. The summed E-state index contributed by atoms with van der Waals surface area (Å²) in [4.78, 5) is 22.2. The van der Waals surface area contributed by atoms with Crippen molar-refractivity contribution in [1.29, 1.82) is 0 Å². The van der Waals surface area contributed by atoms with Crippen LogP contribution >= 0.6 is 11.6 Å². The molecule has 19 heavy (non-hydrogen) atoms. The number of hydrogen-bond donors (Lipinski definition) is 2. The van der Waals surface area contributed by atoms with Gasteiger partial charge in [-0.25, -0.2) is 9.18 Å². The highest BCUT2D eigenvalue weighted by atomic mass is 35.5. The zero-order valence-electron chi connectivity index (χ0n) is 10.2. The van der Waals surface area contributed by atoms with E-state index in [9.17, 15) is 14.0 Å². The first-order chi connectivity index (χ1) is 8.93. The number of ether oxygens (including phenoxy) is 1. The van der Waals surface area contributed by atoms with Crippen LogP contribution in [0.5, 0.6) is 5.75 Å². The third-order valence-electron chi connectivity index (χ3n) is 2.29. The molecule has 104 valence electrons. The molecule has 0 saturated heterocycles. The summed E-state index contributed by atoms with van der Waals surface area (Å²) in [6, 6.07) is 2.53. The molecule has 0 heterocycles. The number of rotatable bonds is 6. The maximum atomic E-state index is 12.8. The Morgan fingerprint density at radius 2 is 2.21 bits per heavy atom. The fourth-order valence-corrected chi connectivity index (χ4v) is 1.53. The number of aliphatic carboxylic acids is 1. The van der Waals surface area contributed by atoms with Crippen molar-refractivity contribution >= 4 is 23.5 Å². The molecular weight excluding hydrogens is 277 g/mol. The van der Waals surface area contributed by atoms with Crippen LogP contribution in [0.4, 0.5) is 4.39 Å². The molecule has 0 aliphatic heterocycles. The quantitative estimate of drug-likeness (QED) is 0.838. The van der Waals surface area contributed by atoms with E-state index < -0.39 is 30.3 Å². The number of benzene rings is 1. The van der Waals surface area contributed by atoms with Crippen molar-refractivity contribution in [2.45, 2.75) is 19.4 Å². The van der Waals surface area contributed by atoms with Gasteiger partial charge in [0.2, 0.25) is 0 Å². The van der Waals surface area contributed by atoms with Crippen LogP contribution in [0.2, 0.25) is 5.02 Å². The van der Waals surface area contributed by atoms with Crippen LogP contribution in [0, 0.1) is 5.82 Å². The third-order valence-corrected chi connectivity index (χ3v) is 2.59. The standard InChI is InChI=1S/C12H13ClFNO4/c1-2-9(12(17)18)15-11(16)6-19-10-4-3-7(14)5-8(10)13/h3-5,9H,2,6H2,1H3,(H,15,16)(H,17,18)/t9-/m0/s1. The van der Waals surface area contributed by atoms with Gasteiger partial charge in [0.15, 0.2) is 6.61 Å². The molecule has 0 bridgehead atoms. The molecule has 1 amide bonds. The minimum atomic E-state index is -1.12. The van der Waals surface area contributed by atoms with E-state index >= 15 is 0 Å². The predicted molar refractivity (Wildman–Crippen MR) is 66.8 cm³/mol. The summed E-state index contributed by atoms with van der Waals surface area (Å²) < 4.78 is 17.8. The van der Waals surface area contributed by atoms with E-state index in [1.807, 2.05) is 0 Å². The summed E-state index contributed by atoms with van der Waals surface area (Å²) in [5.41, 5.74) is 0. The number of hydrogen-bond acceptors (Lipinski definition) is 3. The van der Waals surface area contributed by atoms with E-state index in [2.05, 4.69) is 5.32 Å². The average molecular weight is 290 g/mol. The van der Waals surface area contributed by atoms with Crippen molar-refractivity contribution in [3.8, 4) is 5.75 Å². The molecule has 1 atom stereocenters. The Bertz CT molecular complexity index is 481. The van der Waals surface area contributed by atoms with Gasteiger partial charge in [0, 0.05) is 0 Å². The second-order valence-electron chi connectivity index (χ2n) is 3.73. The second kappa shape index (κ2) is 6.94. The molecule has 0 saturated carbocycles. The lowest BCUT2D eigenvalue weighted by Crippen LogP contribution is -2.42. The molecule has 0 aliphatic carbocycles. The van der Waals surface area contributed by atoms with Gasteiger partial charge < -0.3 is 15.2 Å². The summed E-state index contributed by atoms with van der Waals surface area (Å²) in [7, 11) is 0. The van der Waals surface area contributed by atoms with Crippen LogP contribution < -0.4 is 10.1 Å². The van der Waals surface area contributed by atoms with E-state index in [-0.39, 0.29) is 17.2 Å². The predicted octanol–water partition coefficient (Wildman–Crippen LogP) is 1.84. The van der Waals surface area contributed by atoms with Gasteiger partial charge in [-0.3, -0.25) is 4.79 Å². The summed E-state index contributed by atoms with van der Waals surface area (Å²) in [5.74, 6) is -2.06. The molecule has 0 unspecified atom stereocenters. The van der Waals surface area contributed by atoms with Gasteiger partial charge in [-0.15, -0.1) is 0 Å². The SMILES string of the molecule is CC[C@H](NC(=O)COc1ccc(F)cc1Cl)C(=O)O. The minimum Gasteiger partial charge on any atom is -0.482 e. The van der Waals surface area contributed by atoms with Gasteiger partial charge in [-0.1, -0.05) is 18.5 Å². The van der Waals surface area contributed by atoms with Crippen LogP contribution in [0.1, 0.15) is 13.3 Å². The highest BCUT2D eigenvalue weighted by molar-refractivity contribution is 6.32. The van der Waals surface area contributed by atoms with E-state index in [4.69, 9.17) is 21.4 Å². The zero-order valence-corrected chi connectivity index (χ0v) is 10.9. The minimum absolute atomic E-state index is 0.0399. The van der Waals surface area contributed by atoms with Crippen LogP contribution in [0.25, 0.3) is 0 Å². The molecule has 0 fully saturated rings. The molecule has 0 radical (unpaired) electrons. The van der Waals surface area contributed by atoms with E-state index in [0.717, 1.165) is 12.1 Å². The first-order valence-corrected chi connectivity index (χ1v) is 5.91. The number of amides is 1. The molecule has 0 aromatic heterocycles. The van der Waals surface area contributed by atoms with E-state index in [0.29, 0.717) is 0 Å². The smallest absolute Gasteiger partial charge is 0.326 e. The number of carboxylic acids is 1. The number of carbonyl (C=O) groups is 2. The second-order valence-corrected chi connectivity index (χ2v) is 4.14. The van der Waals surface area contributed by atoms with E-state index in [1.54, 1.807) is 6.92 Å². The van der Waals surface area contributed by atoms with Crippen LogP contribution in [-0.4, -0.2) is 29.6 Å². The largest absolute Gasteiger partial charge is 0.482 e. The van der Waals surface area contributed by atoms with Crippen molar-refractivity contribution in [2.24, 2.45) is 0 Å². The molecule has 2 N–H and O–H groups in total.